The third kappa shape index (κ3) is 4.75. The lowest BCUT2D eigenvalue weighted by atomic mass is 10.1. The molecule has 2 N–H and O–H groups in total. The van der Waals surface area contributed by atoms with Crippen LogP contribution in [0, 0.1) is 6.92 Å². The van der Waals surface area contributed by atoms with Crippen LogP contribution in [-0.4, -0.2) is 42.6 Å². The van der Waals surface area contributed by atoms with E-state index in [-0.39, 0.29) is 17.1 Å². The summed E-state index contributed by atoms with van der Waals surface area (Å²) in [6.07, 6.45) is 1.30. The first-order chi connectivity index (χ1) is 14.7. The maximum absolute atomic E-state index is 13.0. The van der Waals surface area contributed by atoms with E-state index in [9.17, 15) is 19.2 Å². The molecule has 3 rings (SSSR count). The predicted molar refractivity (Wildman–Crippen MR) is 114 cm³/mol. The summed E-state index contributed by atoms with van der Waals surface area (Å²) in [7, 11) is 1.37. The molecular weight excluding hydrogens is 472 g/mol. The second-order valence-corrected chi connectivity index (χ2v) is 7.35. The molecular formula is C21H17BrN2O7. The van der Waals surface area contributed by atoms with Gasteiger partial charge in [-0.05, 0) is 42.8 Å². The van der Waals surface area contributed by atoms with Gasteiger partial charge in [0.1, 0.15) is 5.57 Å². The van der Waals surface area contributed by atoms with Crippen molar-refractivity contribution in [2.24, 2.45) is 0 Å². The summed E-state index contributed by atoms with van der Waals surface area (Å²) in [4.78, 5) is 49.3. The standard InChI is InChI=1S/C21H17BrN2O7/c1-11-3-5-13(6-4-11)24-20(28)14(19(27)23-21(24)29)7-12-8-16(30-2)17(9-15(12)22)31-10-18(25)26/h3-9H,10H2,1-2H3,(H,25,26)(H,23,27,29). The van der Waals surface area contributed by atoms with Crippen molar-refractivity contribution in [1.82, 2.24) is 5.32 Å². The van der Waals surface area contributed by atoms with Crippen LogP contribution in [-0.2, 0) is 14.4 Å². The molecule has 0 saturated carbocycles. The Morgan fingerprint density at radius 1 is 1.16 bits per heavy atom. The molecule has 0 bridgehead atoms. The molecule has 160 valence electrons. The van der Waals surface area contributed by atoms with E-state index in [0.717, 1.165) is 10.5 Å². The van der Waals surface area contributed by atoms with Crippen LogP contribution < -0.4 is 19.7 Å². The average Bonchev–Trinajstić information content (AvgIpc) is 2.71. The third-order valence-electron chi connectivity index (χ3n) is 4.33. The van der Waals surface area contributed by atoms with Crippen LogP contribution in [0.1, 0.15) is 11.1 Å². The molecule has 1 saturated heterocycles. The molecule has 10 heteroatoms. The molecule has 0 aliphatic carbocycles. The summed E-state index contributed by atoms with van der Waals surface area (Å²) in [6, 6.07) is 8.79. The predicted octanol–water partition coefficient (Wildman–Crippen LogP) is 2.90. The number of urea groups is 1. The van der Waals surface area contributed by atoms with Crippen LogP contribution in [0.5, 0.6) is 11.5 Å². The summed E-state index contributed by atoms with van der Waals surface area (Å²) < 4.78 is 10.8. The number of hydrogen-bond donors (Lipinski definition) is 2. The zero-order chi connectivity index (χ0) is 22.7. The number of hydrogen-bond acceptors (Lipinski definition) is 6. The molecule has 9 nitrogen and oxygen atoms in total. The number of carbonyl (C=O) groups is 4. The van der Waals surface area contributed by atoms with E-state index in [4.69, 9.17) is 14.6 Å². The Bertz CT molecular complexity index is 1110. The van der Waals surface area contributed by atoms with Crippen molar-refractivity contribution in [2.45, 2.75) is 6.92 Å². The van der Waals surface area contributed by atoms with Gasteiger partial charge in [0.15, 0.2) is 18.1 Å². The zero-order valence-corrected chi connectivity index (χ0v) is 18.1. The summed E-state index contributed by atoms with van der Waals surface area (Å²) in [6.45, 7) is 1.29. The highest BCUT2D eigenvalue weighted by atomic mass is 79.9. The number of amides is 4. The number of rotatable bonds is 6. The Kier molecular flexibility index (Phi) is 6.40. The molecule has 1 fully saturated rings. The number of carboxylic acids is 1. The van der Waals surface area contributed by atoms with Gasteiger partial charge in [0, 0.05) is 4.47 Å². The number of nitrogens with zero attached hydrogens (tertiary/aromatic N) is 1. The number of methoxy groups -OCH3 is 1. The van der Waals surface area contributed by atoms with Crippen LogP contribution in [0.4, 0.5) is 10.5 Å². The molecule has 2 aromatic rings. The molecule has 1 aliphatic heterocycles. The third-order valence-corrected chi connectivity index (χ3v) is 5.01. The van der Waals surface area contributed by atoms with Crippen molar-refractivity contribution in [3.63, 3.8) is 0 Å². The van der Waals surface area contributed by atoms with Gasteiger partial charge in [-0.2, -0.15) is 0 Å². The Hall–Kier alpha value is -3.66. The van der Waals surface area contributed by atoms with E-state index in [1.165, 1.54) is 25.3 Å². The van der Waals surface area contributed by atoms with Gasteiger partial charge in [-0.3, -0.25) is 14.9 Å². The Balaban J connectivity index is 2.00. The number of carboxylic acid groups (broad SMARTS) is 1. The van der Waals surface area contributed by atoms with E-state index in [0.29, 0.717) is 15.7 Å². The lowest BCUT2D eigenvalue weighted by molar-refractivity contribution is -0.139. The highest BCUT2D eigenvalue weighted by Gasteiger charge is 2.37. The lowest BCUT2D eigenvalue weighted by Crippen LogP contribution is -2.54. The molecule has 2 aromatic carbocycles. The van der Waals surface area contributed by atoms with Crippen molar-refractivity contribution in [2.75, 3.05) is 18.6 Å². The first kappa shape index (κ1) is 22.0. The number of anilines is 1. The highest BCUT2D eigenvalue weighted by molar-refractivity contribution is 9.10. The number of aliphatic carboxylic acids is 1. The summed E-state index contributed by atoms with van der Waals surface area (Å²) in [5.41, 5.74) is 1.39. The second-order valence-electron chi connectivity index (χ2n) is 6.50. The Morgan fingerprint density at radius 2 is 1.84 bits per heavy atom. The Morgan fingerprint density at radius 3 is 2.45 bits per heavy atom. The normalized spacial score (nSPS) is 15.1. The van der Waals surface area contributed by atoms with Gasteiger partial charge >= 0.3 is 12.0 Å². The molecule has 0 aromatic heterocycles. The summed E-state index contributed by atoms with van der Waals surface area (Å²) in [5, 5.41) is 10.9. The van der Waals surface area contributed by atoms with Crippen LogP contribution >= 0.6 is 15.9 Å². The molecule has 31 heavy (non-hydrogen) atoms. The minimum atomic E-state index is -1.16. The number of imide groups is 2. The summed E-state index contributed by atoms with van der Waals surface area (Å²) >= 11 is 3.31. The van der Waals surface area contributed by atoms with Crippen LogP contribution in [0.2, 0.25) is 0 Å². The highest BCUT2D eigenvalue weighted by Crippen LogP contribution is 2.35. The van der Waals surface area contributed by atoms with Gasteiger partial charge < -0.3 is 14.6 Å². The average molecular weight is 489 g/mol. The van der Waals surface area contributed by atoms with Crippen molar-refractivity contribution in [1.29, 1.82) is 0 Å². The van der Waals surface area contributed by atoms with E-state index in [1.807, 2.05) is 6.92 Å². The monoisotopic (exact) mass is 488 g/mol. The van der Waals surface area contributed by atoms with Gasteiger partial charge in [0.25, 0.3) is 11.8 Å². The van der Waals surface area contributed by atoms with Gasteiger partial charge in [-0.25, -0.2) is 14.5 Å². The number of carbonyl (C=O) groups excluding carboxylic acids is 3. The largest absolute Gasteiger partial charge is 0.493 e. The van der Waals surface area contributed by atoms with Crippen molar-refractivity contribution >= 4 is 51.5 Å². The quantitative estimate of drug-likeness (QED) is 0.473. The second kappa shape index (κ2) is 9.00. The maximum Gasteiger partial charge on any atom is 0.341 e. The Labute approximate surface area is 185 Å². The topological polar surface area (TPSA) is 122 Å². The molecule has 4 amide bonds. The molecule has 0 radical (unpaired) electrons. The minimum Gasteiger partial charge on any atom is -0.493 e. The van der Waals surface area contributed by atoms with E-state index in [1.54, 1.807) is 24.3 Å². The van der Waals surface area contributed by atoms with Crippen LogP contribution in [0.15, 0.2) is 46.4 Å². The molecule has 0 unspecified atom stereocenters. The molecule has 0 atom stereocenters. The molecule has 0 spiro atoms. The summed E-state index contributed by atoms with van der Waals surface area (Å²) in [5.74, 6) is -2.42. The number of barbiturate groups is 1. The number of halogens is 1. The fraction of sp³-hybridized carbons (Fsp3) is 0.143. The minimum absolute atomic E-state index is 0.162. The fourth-order valence-electron chi connectivity index (χ4n) is 2.81. The van der Waals surface area contributed by atoms with Crippen molar-refractivity contribution in [3.8, 4) is 11.5 Å². The van der Waals surface area contributed by atoms with E-state index >= 15 is 0 Å². The number of nitrogens with one attached hydrogen (secondary N) is 1. The van der Waals surface area contributed by atoms with Crippen molar-refractivity contribution in [3.05, 3.63) is 57.6 Å². The van der Waals surface area contributed by atoms with Gasteiger partial charge in [-0.15, -0.1) is 0 Å². The molecule has 1 aliphatic rings. The van der Waals surface area contributed by atoms with E-state index < -0.39 is 30.4 Å². The van der Waals surface area contributed by atoms with Crippen molar-refractivity contribution < 1.29 is 33.8 Å². The SMILES string of the molecule is COc1cc(C=C2C(=O)NC(=O)N(c3ccc(C)cc3)C2=O)c(Br)cc1OCC(=O)O. The smallest absolute Gasteiger partial charge is 0.341 e. The van der Waals surface area contributed by atoms with E-state index in [2.05, 4.69) is 21.2 Å². The first-order valence-corrected chi connectivity index (χ1v) is 9.71. The first-order valence-electron chi connectivity index (χ1n) is 8.91. The zero-order valence-electron chi connectivity index (χ0n) is 16.5. The number of ether oxygens (including phenoxy) is 2. The fourth-order valence-corrected chi connectivity index (χ4v) is 3.25. The number of aryl methyl sites for hydroxylation is 1. The van der Waals surface area contributed by atoms with Crippen LogP contribution in [0.25, 0.3) is 6.08 Å². The maximum atomic E-state index is 13.0. The van der Waals surface area contributed by atoms with Gasteiger partial charge in [0.2, 0.25) is 0 Å². The lowest BCUT2D eigenvalue weighted by Gasteiger charge is -2.26. The van der Waals surface area contributed by atoms with Gasteiger partial charge in [-0.1, -0.05) is 33.6 Å². The molecule has 1 heterocycles. The number of benzene rings is 2. The van der Waals surface area contributed by atoms with Crippen LogP contribution in [0.3, 0.4) is 0 Å². The van der Waals surface area contributed by atoms with Gasteiger partial charge in [0.05, 0.1) is 12.8 Å².